The molecule has 1 aliphatic rings. The van der Waals surface area contributed by atoms with Crippen LogP contribution in [0.15, 0.2) is 24.3 Å². The van der Waals surface area contributed by atoms with Gasteiger partial charge in [0.05, 0.1) is 13.2 Å². The van der Waals surface area contributed by atoms with E-state index < -0.39 is 0 Å². The van der Waals surface area contributed by atoms with E-state index >= 15 is 0 Å². The number of ether oxygens (including phenoxy) is 2. The summed E-state index contributed by atoms with van der Waals surface area (Å²) in [7, 11) is 0. The first kappa shape index (κ1) is 12.6. The number of rotatable bonds is 3. The summed E-state index contributed by atoms with van der Waals surface area (Å²) in [5.74, 6) is 0. The molecule has 94 valence electrons. The maximum atomic E-state index is 5.45. The van der Waals surface area contributed by atoms with Crippen molar-refractivity contribution in [3.8, 4) is 0 Å². The van der Waals surface area contributed by atoms with Crippen LogP contribution in [-0.4, -0.2) is 19.5 Å². The highest BCUT2D eigenvalue weighted by Crippen LogP contribution is 2.23. The summed E-state index contributed by atoms with van der Waals surface area (Å²) in [4.78, 5) is 0. The molecule has 0 bridgehead atoms. The zero-order valence-corrected chi connectivity index (χ0v) is 11.0. The van der Waals surface area contributed by atoms with Gasteiger partial charge >= 0.3 is 0 Å². The molecule has 1 saturated heterocycles. The molecule has 0 saturated carbocycles. The van der Waals surface area contributed by atoms with Crippen molar-refractivity contribution < 1.29 is 9.47 Å². The average molecular weight is 234 g/mol. The lowest BCUT2D eigenvalue weighted by molar-refractivity contribution is -0.0462. The van der Waals surface area contributed by atoms with Crippen molar-refractivity contribution in [3.63, 3.8) is 0 Å². The van der Waals surface area contributed by atoms with Crippen molar-refractivity contribution >= 4 is 0 Å². The van der Waals surface area contributed by atoms with Gasteiger partial charge in [-0.3, -0.25) is 0 Å². The molecule has 0 amide bonds. The molecular formula is C15H22O2. The highest BCUT2D eigenvalue weighted by atomic mass is 16.7. The van der Waals surface area contributed by atoms with E-state index in [1.165, 1.54) is 11.1 Å². The minimum atomic E-state index is 0.00768. The zero-order valence-electron chi connectivity index (χ0n) is 11.0. The Labute approximate surface area is 104 Å². The second-order valence-electron chi connectivity index (χ2n) is 5.66. The SMILES string of the molecule is CC(C)(C)c1cccc(CCC2OCCO2)c1. The summed E-state index contributed by atoms with van der Waals surface area (Å²) in [5, 5.41) is 0. The fourth-order valence-electron chi connectivity index (χ4n) is 2.05. The Morgan fingerprint density at radius 2 is 1.88 bits per heavy atom. The van der Waals surface area contributed by atoms with Crippen LogP contribution in [0.5, 0.6) is 0 Å². The van der Waals surface area contributed by atoms with E-state index in [1.54, 1.807) is 0 Å². The van der Waals surface area contributed by atoms with Gasteiger partial charge in [-0.2, -0.15) is 0 Å². The summed E-state index contributed by atoms with van der Waals surface area (Å²) in [6.45, 7) is 8.22. The molecule has 1 aliphatic heterocycles. The van der Waals surface area contributed by atoms with E-state index in [1.807, 2.05) is 0 Å². The zero-order chi connectivity index (χ0) is 12.3. The number of hydrogen-bond donors (Lipinski definition) is 0. The van der Waals surface area contributed by atoms with E-state index in [4.69, 9.17) is 9.47 Å². The van der Waals surface area contributed by atoms with E-state index in [0.29, 0.717) is 0 Å². The predicted octanol–water partition coefficient (Wildman–Crippen LogP) is 3.29. The van der Waals surface area contributed by atoms with Crippen LogP contribution in [0.1, 0.15) is 38.3 Å². The first-order valence-corrected chi connectivity index (χ1v) is 6.38. The molecule has 2 nitrogen and oxygen atoms in total. The van der Waals surface area contributed by atoms with Crippen molar-refractivity contribution in [2.24, 2.45) is 0 Å². The largest absolute Gasteiger partial charge is 0.350 e. The Balaban J connectivity index is 1.96. The van der Waals surface area contributed by atoms with Crippen LogP contribution in [0.4, 0.5) is 0 Å². The lowest BCUT2D eigenvalue weighted by atomic mass is 9.86. The molecule has 2 heteroatoms. The minimum Gasteiger partial charge on any atom is -0.350 e. The smallest absolute Gasteiger partial charge is 0.158 e. The molecule has 1 heterocycles. The maximum Gasteiger partial charge on any atom is 0.158 e. The number of hydrogen-bond acceptors (Lipinski definition) is 2. The summed E-state index contributed by atoms with van der Waals surface area (Å²) < 4.78 is 10.9. The van der Waals surface area contributed by atoms with Crippen LogP contribution in [-0.2, 0) is 21.3 Å². The highest BCUT2D eigenvalue weighted by molar-refractivity contribution is 5.28. The van der Waals surface area contributed by atoms with Gasteiger partial charge in [0.15, 0.2) is 6.29 Å². The standard InChI is InChI=1S/C15H22O2/c1-15(2,3)13-6-4-5-12(11-13)7-8-14-16-9-10-17-14/h4-6,11,14H,7-10H2,1-3H3. The quantitative estimate of drug-likeness (QED) is 0.799. The monoisotopic (exact) mass is 234 g/mol. The molecule has 0 atom stereocenters. The third kappa shape index (κ3) is 3.55. The molecule has 0 aliphatic carbocycles. The first-order valence-electron chi connectivity index (χ1n) is 6.38. The van der Waals surface area contributed by atoms with Crippen molar-refractivity contribution in [2.45, 2.75) is 45.3 Å². The van der Waals surface area contributed by atoms with E-state index in [-0.39, 0.29) is 11.7 Å². The Bertz CT molecular complexity index is 359. The molecule has 0 aromatic heterocycles. The van der Waals surface area contributed by atoms with Gasteiger partial charge in [0.25, 0.3) is 0 Å². The van der Waals surface area contributed by atoms with Gasteiger partial charge < -0.3 is 9.47 Å². The lowest BCUT2D eigenvalue weighted by Gasteiger charge is -2.20. The van der Waals surface area contributed by atoms with Gasteiger partial charge in [-0.25, -0.2) is 0 Å². The first-order chi connectivity index (χ1) is 8.05. The van der Waals surface area contributed by atoms with Crippen LogP contribution in [0, 0.1) is 0 Å². The Kier molecular flexibility index (Phi) is 3.85. The van der Waals surface area contributed by atoms with Crippen molar-refractivity contribution in [3.05, 3.63) is 35.4 Å². The van der Waals surface area contributed by atoms with Gasteiger partial charge in [-0.15, -0.1) is 0 Å². The third-order valence-electron chi connectivity index (χ3n) is 3.15. The summed E-state index contributed by atoms with van der Waals surface area (Å²) in [6, 6.07) is 8.83. The van der Waals surface area contributed by atoms with Crippen LogP contribution < -0.4 is 0 Å². The maximum absolute atomic E-state index is 5.45. The molecular weight excluding hydrogens is 212 g/mol. The van der Waals surface area contributed by atoms with Crippen molar-refractivity contribution in [2.75, 3.05) is 13.2 Å². The van der Waals surface area contributed by atoms with Crippen LogP contribution in [0.3, 0.4) is 0 Å². The second-order valence-corrected chi connectivity index (χ2v) is 5.66. The highest BCUT2D eigenvalue weighted by Gasteiger charge is 2.17. The van der Waals surface area contributed by atoms with Gasteiger partial charge in [-0.1, -0.05) is 45.0 Å². The van der Waals surface area contributed by atoms with Crippen molar-refractivity contribution in [1.82, 2.24) is 0 Å². The Hall–Kier alpha value is -0.860. The van der Waals surface area contributed by atoms with Gasteiger partial charge in [0.2, 0.25) is 0 Å². The molecule has 1 fully saturated rings. The molecule has 1 aromatic carbocycles. The van der Waals surface area contributed by atoms with E-state index in [2.05, 4.69) is 45.0 Å². The van der Waals surface area contributed by atoms with E-state index in [9.17, 15) is 0 Å². The number of benzene rings is 1. The van der Waals surface area contributed by atoms with Crippen molar-refractivity contribution in [1.29, 1.82) is 0 Å². The van der Waals surface area contributed by atoms with Gasteiger partial charge in [-0.05, 0) is 23.0 Å². The topological polar surface area (TPSA) is 18.5 Å². The fourth-order valence-corrected chi connectivity index (χ4v) is 2.05. The minimum absolute atomic E-state index is 0.00768. The Morgan fingerprint density at radius 3 is 2.53 bits per heavy atom. The molecule has 0 spiro atoms. The molecule has 17 heavy (non-hydrogen) atoms. The molecule has 0 radical (unpaired) electrons. The van der Waals surface area contributed by atoms with Gasteiger partial charge in [0.1, 0.15) is 0 Å². The summed E-state index contributed by atoms with van der Waals surface area (Å²) in [6.07, 6.45) is 1.98. The lowest BCUT2D eigenvalue weighted by Crippen LogP contribution is -2.12. The molecule has 0 N–H and O–H groups in total. The molecule has 2 rings (SSSR count). The van der Waals surface area contributed by atoms with Crippen LogP contribution >= 0.6 is 0 Å². The predicted molar refractivity (Wildman–Crippen MR) is 69.2 cm³/mol. The second kappa shape index (κ2) is 5.19. The fraction of sp³-hybridized carbons (Fsp3) is 0.600. The van der Waals surface area contributed by atoms with Crippen LogP contribution in [0.25, 0.3) is 0 Å². The molecule has 0 unspecified atom stereocenters. The average Bonchev–Trinajstić information content (AvgIpc) is 2.78. The Morgan fingerprint density at radius 1 is 1.18 bits per heavy atom. The molecule has 1 aromatic rings. The van der Waals surface area contributed by atoms with Gasteiger partial charge in [0, 0.05) is 6.42 Å². The summed E-state index contributed by atoms with van der Waals surface area (Å²) >= 11 is 0. The summed E-state index contributed by atoms with van der Waals surface area (Å²) in [5.41, 5.74) is 2.98. The normalized spacial score (nSPS) is 17.6. The van der Waals surface area contributed by atoms with E-state index in [0.717, 1.165) is 26.1 Å². The van der Waals surface area contributed by atoms with Crippen LogP contribution in [0.2, 0.25) is 0 Å². The third-order valence-corrected chi connectivity index (χ3v) is 3.15. The number of aryl methyl sites for hydroxylation is 1.